The van der Waals surface area contributed by atoms with Crippen LogP contribution in [0, 0.1) is 0 Å². The van der Waals surface area contributed by atoms with Crippen molar-refractivity contribution in [3.63, 3.8) is 0 Å². The Bertz CT molecular complexity index is 1380. The minimum atomic E-state index is -0.326. The second kappa shape index (κ2) is 9.54. The highest BCUT2D eigenvalue weighted by molar-refractivity contribution is 7.98. The van der Waals surface area contributed by atoms with Crippen LogP contribution in [0.4, 0.5) is 11.4 Å². The highest BCUT2D eigenvalue weighted by Gasteiger charge is 2.20. The summed E-state index contributed by atoms with van der Waals surface area (Å²) in [6.45, 7) is -0.0933. The lowest BCUT2D eigenvalue weighted by atomic mass is 10.2. The number of benzene rings is 3. The number of para-hydroxylation sites is 1. The van der Waals surface area contributed by atoms with Gasteiger partial charge in [0.2, 0.25) is 0 Å². The van der Waals surface area contributed by atoms with Crippen LogP contribution in [0.2, 0.25) is 5.02 Å². The van der Waals surface area contributed by atoms with Gasteiger partial charge in [-0.3, -0.25) is 9.59 Å². The molecule has 1 aromatic heterocycles. The number of tetrazole rings is 1. The van der Waals surface area contributed by atoms with E-state index in [4.69, 9.17) is 16.3 Å². The van der Waals surface area contributed by atoms with Gasteiger partial charge in [-0.05, 0) is 40.8 Å². The third-order valence-electron chi connectivity index (χ3n) is 4.97. The molecule has 9 nitrogen and oxygen atoms in total. The largest absolute Gasteiger partial charge is 0.482 e. The summed E-state index contributed by atoms with van der Waals surface area (Å²) in [5.41, 5.74) is 2.18. The zero-order valence-corrected chi connectivity index (χ0v) is 19.1. The predicted octanol–water partition coefficient (Wildman–Crippen LogP) is 4.19. The first-order valence-corrected chi connectivity index (χ1v) is 11.6. The van der Waals surface area contributed by atoms with E-state index in [0.717, 1.165) is 10.6 Å². The van der Waals surface area contributed by atoms with Crippen LogP contribution >= 0.6 is 23.4 Å². The summed E-state index contributed by atoms with van der Waals surface area (Å²) in [7, 11) is 0. The van der Waals surface area contributed by atoms with Crippen LogP contribution in [0.3, 0.4) is 0 Å². The molecule has 0 spiro atoms. The highest BCUT2D eigenvalue weighted by atomic mass is 35.5. The fourth-order valence-corrected chi connectivity index (χ4v) is 4.54. The zero-order chi connectivity index (χ0) is 23.5. The number of amides is 2. The minimum absolute atomic E-state index is 0.0933. The Labute approximate surface area is 203 Å². The van der Waals surface area contributed by atoms with Gasteiger partial charge in [0.05, 0.1) is 33.4 Å². The summed E-state index contributed by atoms with van der Waals surface area (Å²) in [4.78, 5) is 25.4. The Kier molecular flexibility index (Phi) is 6.15. The summed E-state index contributed by atoms with van der Waals surface area (Å²) < 4.78 is 7.09. The predicted molar refractivity (Wildman–Crippen MR) is 129 cm³/mol. The standard InChI is InChI=1S/C23H17ClN6O3S/c24-16-10-18-19(33-12-22(31)25-18)11-17(16)26-23(32)15-8-4-5-9-20(15)34-13-21-27-28-29-30(21)14-6-2-1-3-7-14/h1-11H,12-13H2,(H,25,31)(H,26,32). The maximum Gasteiger partial charge on any atom is 0.262 e. The number of nitrogens with zero attached hydrogens (tertiary/aromatic N) is 4. The van der Waals surface area contributed by atoms with E-state index >= 15 is 0 Å². The van der Waals surface area contributed by atoms with Crippen LogP contribution in [-0.4, -0.2) is 38.6 Å². The molecule has 2 amide bonds. The van der Waals surface area contributed by atoms with Gasteiger partial charge in [0.25, 0.3) is 11.8 Å². The van der Waals surface area contributed by atoms with Gasteiger partial charge in [-0.2, -0.15) is 4.68 Å². The fraction of sp³-hybridized carbons (Fsp3) is 0.0870. The number of nitrogens with one attached hydrogen (secondary N) is 2. The normalized spacial score (nSPS) is 12.4. The number of anilines is 2. The number of hydrogen-bond donors (Lipinski definition) is 2. The molecule has 2 N–H and O–H groups in total. The molecule has 1 aliphatic heterocycles. The molecule has 34 heavy (non-hydrogen) atoms. The van der Waals surface area contributed by atoms with E-state index < -0.39 is 0 Å². The van der Waals surface area contributed by atoms with Crippen LogP contribution in [0.5, 0.6) is 5.75 Å². The van der Waals surface area contributed by atoms with Crippen LogP contribution < -0.4 is 15.4 Å². The maximum atomic E-state index is 13.1. The van der Waals surface area contributed by atoms with Gasteiger partial charge in [-0.25, -0.2) is 0 Å². The lowest BCUT2D eigenvalue weighted by Crippen LogP contribution is -2.25. The molecule has 0 bridgehead atoms. The van der Waals surface area contributed by atoms with E-state index in [2.05, 4.69) is 26.2 Å². The first kappa shape index (κ1) is 21.9. The monoisotopic (exact) mass is 492 g/mol. The third kappa shape index (κ3) is 4.59. The molecule has 0 saturated carbocycles. The molecule has 0 saturated heterocycles. The molecule has 4 aromatic rings. The molecule has 3 aromatic carbocycles. The van der Waals surface area contributed by atoms with Crippen molar-refractivity contribution in [3.8, 4) is 11.4 Å². The zero-order valence-electron chi connectivity index (χ0n) is 17.6. The van der Waals surface area contributed by atoms with E-state index in [9.17, 15) is 9.59 Å². The Hall–Kier alpha value is -3.89. The number of fused-ring (bicyclic) bond motifs is 1. The third-order valence-corrected chi connectivity index (χ3v) is 6.36. The lowest BCUT2D eigenvalue weighted by Gasteiger charge is -2.20. The topological polar surface area (TPSA) is 111 Å². The highest BCUT2D eigenvalue weighted by Crippen LogP contribution is 2.37. The summed E-state index contributed by atoms with van der Waals surface area (Å²) in [5.74, 6) is 0.967. The number of carbonyl (C=O) groups is 2. The summed E-state index contributed by atoms with van der Waals surface area (Å²) >= 11 is 7.78. The van der Waals surface area contributed by atoms with Crippen molar-refractivity contribution in [3.05, 3.63) is 83.1 Å². The van der Waals surface area contributed by atoms with Crippen molar-refractivity contribution in [1.82, 2.24) is 20.2 Å². The fourth-order valence-electron chi connectivity index (χ4n) is 3.37. The Morgan fingerprint density at radius 3 is 2.79 bits per heavy atom. The average molecular weight is 493 g/mol. The molecule has 0 aliphatic carbocycles. The number of ether oxygens (including phenoxy) is 1. The SMILES string of the molecule is O=C1COc2cc(NC(=O)c3ccccc3SCc3nnnn3-c3ccccc3)c(Cl)cc2N1. The molecular formula is C23H17ClN6O3S. The van der Waals surface area contributed by atoms with Crippen LogP contribution in [0.25, 0.3) is 5.69 Å². The van der Waals surface area contributed by atoms with Crippen molar-refractivity contribution in [1.29, 1.82) is 0 Å². The average Bonchev–Trinajstić information content (AvgIpc) is 3.33. The molecule has 2 heterocycles. The number of aromatic nitrogens is 4. The molecule has 0 unspecified atom stereocenters. The van der Waals surface area contributed by atoms with Gasteiger partial charge < -0.3 is 15.4 Å². The van der Waals surface area contributed by atoms with Gasteiger partial charge in [0, 0.05) is 11.0 Å². The van der Waals surface area contributed by atoms with Crippen LogP contribution in [0.1, 0.15) is 16.2 Å². The second-order valence-corrected chi connectivity index (χ2v) is 8.67. The van der Waals surface area contributed by atoms with Crippen molar-refractivity contribution in [2.75, 3.05) is 17.2 Å². The molecular weight excluding hydrogens is 476 g/mol. The molecule has 170 valence electrons. The van der Waals surface area contributed by atoms with Crippen LogP contribution in [-0.2, 0) is 10.5 Å². The molecule has 11 heteroatoms. The number of carbonyl (C=O) groups excluding carboxylic acids is 2. The summed E-state index contributed by atoms with van der Waals surface area (Å²) in [5, 5.41) is 17.8. The Balaban J connectivity index is 1.34. The quantitative estimate of drug-likeness (QED) is 0.388. The molecule has 1 aliphatic rings. The van der Waals surface area contributed by atoms with Crippen LogP contribution in [0.15, 0.2) is 71.6 Å². The van der Waals surface area contributed by atoms with Gasteiger partial charge in [0.1, 0.15) is 5.75 Å². The van der Waals surface area contributed by atoms with E-state index in [0.29, 0.717) is 34.3 Å². The van der Waals surface area contributed by atoms with Crippen molar-refractivity contribution >= 4 is 46.6 Å². The smallest absolute Gasteiger partial charge is 0.262 e. The van der Waals surface area contributed by atoms with E-state index in [1.165, 1.54) is 11.8 Å². The first-order valence-electron chi connectivity index (χ1n) is 10.2. The molecule has 0 radical (unpaired) electrons. The first-order chi connectivity index (χ1) is 16.6. The Morgan fingerprint density at radius 1 is 1.15 bits per heavy atom. The minimum Gasteiger partial charge on any atom is -0.482 e. The van der Waals surface area contributed by atoms with E-state index in [1.807, 2.05) is 42.5 Å². The van der Waals surface area contributed by atoms with Crippen molar-refractivity contribution in [2.45, 2.75) is 10.6 Å². The van der Waals surface area contributed by atoms with Gasteiger partial charge in [-0.15, -0.1) is 16.9 Å². The van der Waals surface area contributed by atoms with E-state index in [1.54, 1.807) is 28.9 Å². The van der Waals surface area contributed by atoms with Gasteiger partial charge in [-0.1, -0.05) is 41.9 Å². The number of hydrogen-bond acceptors (Lipinski definition) is 7. The molecule has 0 fully saturated rings. The number of halogens is 1. The Morgan fingerprint density at radius 2 is 1.94 bits per heavy atom. The van der Waals surface area contributed by atoms with E-state index in [-0.39, 0.29) is 23.4 Å². The summed E-state index contributed by atoms with van der Waals surface area (Å²) in [6, 6.07) is 20.0. The molecule has 5 rings (SSSR count). The number of rotatable bonds is 6. The van der Waals surface area contributed by atoms with Crippen molar-refractivity contribution in [2.24, 2.45) is 0 Å². The lowest BCUT2D eigenvalue weighted by molar-refractivity contribution is -0.118. The second-order valence-electron chi connectivity index (χ2n) is 7.25. The number of thioether (sulfide) groups is 1. The summed E-state index contributed by atoms with van der Waals surface area (Å²) in [6.07, 6.45) is 0. The van der Waals surface area contributed by atoms with Gasteiger partial charge in [0.15, 0.2) is 12.4 Å². The van der Waals surface area contributed by atoms with Gasteiger partial charge >= 0.3 is 0 Å². The maximum absolute atomic E-state index is 13.1. The van der Waals surface area contributed by atoms with Crippen molar-refractivity contribution < 1.29 is 14.3 Å². The molecule has 0 atom stereocenters.